The van der Waals surface area contributed by atoms with Crippen molar-refractivity contribution >= 4 is 28.1 Å². The van der Waals surface area contributed by atoms with Crippen molar-refractivity contribution in [3.63, 3.8) is 0 Å². The first kappa shape index (κ1) is 12.2. The van der Waals surface area contributed by atoms with E-state index in [-0.39, 0.29) is 11.4 Å². The maximum atomic E-state index is 11.6. The molecular weight excluding hydrogens is 282 g/mol. The fourth-order valence-corrected chi connectivity index (χ4v) is 3.45. The van der Waals surface area contributed by atoms with Crippen LogP contribution >= 0.6 is 23.1 Å². The normalized spacial score (nSPS) is 10.9. The molecule has 0 bridgehead atoms. The maximum Gasteiger partial charge on any atom is 0.279 e. The Morgan fingerprint density at radius 1 is 1.32 bits per heavy atom. The van der Waals surface area contributed by atoms with Gasteiger partial charge in [0.25, 0.3) is 5.56 Å². The molecule has 5 nitrogen and oxygen atoms in total. The second-order valence-electron chi connectivity index (χ2n) is 3.79. The molecule has 2 heterocycles. The quantitative estimate of drug-likeness (QED) is 0.749. The lowest BCUT2D eigenvalue weighted by Crippen LogP contribution is -2.12. The fourth-order valence-electron chi connectivity index (χ4n) is 1.56. The van der Waals surface area contributed by atoms with Crippen LogP contribution in [0.5, 0.6) is 5.88 Å². The molecular formula is C12H9N3O2S2. The minimum atomic E-state index is -0.370. The second-order valence-corrected chi connectivity index (χ2v) is 5.97. The van der Waals surface area contributed by atoms with Crippen LogP contribution in [0.4, 0.5) is 0 Å². The molecule has 1 N–H and O–H groups in total. The Labute approximate surface area is 116 Å². The number of hydrogen-bond acceptors (Lipinski definition) is 6. The Bertz CT molecular complexity index is 767. The largest absolute Gasteiger partial charge is 0.493 e. The molecule has 0 radical (unpaired) electrons. The summed E-state index contributed by atoms with van der Waals surface area (Å²) >= 11 is 2.83. The predicted molar refractivity (Wildman–Crippen MR) is 74.8 cm³/mol. The van der Waals surface area contributed by atoms with E-state index < -0.39 is 0 Å². The standard InChI is InChI=1S/C12H9N3O2S2/c16-9-6-10(17)15-11(13-9)19-12(14-15)18-7-8-4-2-1-3-5-8/h1-6,16H,7H2. The van der Waals surface area contributed by atoms with Gasteiger partial charge in [0.15, 0.2) is 4.34 Å². The average molecular weight is 291 g/mol. The van der Waals surface area contributed by atoms with Crippen molar-refractivity contribution in [3.8, 4) is 5.88 Å². The first-order valence-corrected chi connectivity index (χ1v) is 7.29. The van der Waals surface area contributed by atoms with E-state index >= 15 is 0 Å². The van der Waals surface area contributed by atoms with E-state index in [1.54, 1.807) is 0 Å². The summed E-state index contributed by atoms with van der Waals surface area (Å²) in [5, 5.41) is 13.5. The van der Waals surface area contributed by atoms with Crippen LogP contribution in [0.1, 0.15) is 5.56 Å². The van der Waals surface area contributed by atoms with Gasteiger partial charge in [-0.05, 0) is 5.56 Å². The first-order chi connectivity index (χ1) is 9.22. The molecule has 0 spiro atoms. The van der Waals surface area contributed by atoms with Crippen molar-refractivity contribution in [2.24, 2.45) is 0 Å². The number of hydrogen-bond donors (Lipinski definition) is 1. The molecule has 0 saturated carbocycles. The van der Waals surface area contributed by atoms with Crippen molar-refractivity contribution in [1.82, 2.24) is 14.6 Å². The summed E-state index contributed by atoms with van der Waals surface area (Å²) in [4.78, 5) is 15.9. The highest BCUT2D eigenvalue weighted by Gasteiger charge is 2.08. The van der Waals surface area contributed by atoms with Crippen LogP contribution in [0.2, 0.25) is 0 Å². The SMILES string of the molecule is O=c1cc(O)nc2sc(SCc3ccccc3)nn12. The molecule has 1 aromatic carbocycles. The van der Waals surface area contributed by atoms with Crippen molar-refractivity contribution in [2.75, 3.05) is 0 Å². The van der Waals surface area contributed by atoms with E-state index in [0.29, 0.717) is 4.96 Å². The van der Waals surface area contributed by atoms with Crippen LogP contribution in [0.3, 0.4) is 0 Å². The number of thioether (sulfide) groups is 1. The second kappa shape index (κ2) is 5.02. The summed E-state index contributed by atoms with van der Waals surface area (Å²) in [5.74, 6) is 0.509. The minimum absolute atomic E-state index is 0.270. The van der Waals surface area contributed by atoms with E-state index in [1.165, 1.54) is 33.2 Å². The number of aromatic nitrogens is 3. The Hall–Kier alpha value is -1.86. The van der Waals surface area contributed by atoms with Crippen molar-refractivity contribution in [1.29, 1.82) is 0 Å². The van der Waals surface area contributed by atoms with Gasteiger partial charge < -0.3 is 5.11 Å². The number of fused-ring (bicyclic) bond motifs is 1. The van der Waals surface area contributed by atoms with Gasteiger partial charge in [0.2, 0.25) is 10.8 Å². The number of aromatic hydroxyl groups is 1. The summed E-state index contributed by atoms with van der Waals surface area (Å²) in [5.41, 5.74) is 0.820. The highest BCUT2D eigenvalue weighted by molar-refractivity contribution is 8.00. The smallest absolute Gasteiger partial charge is 0.279 e. The van der Waals surface area contributed by atoms with Gasteiger partial charge in [-0.2, -0.15) is 9.50 Å². The van der Waals surface area contributed by atoms with Gasteiger partial charge in [0, 0.05) is 5.75 Å². The van der Waals surface area contributed by atoms with Gasteiger partial charge in [-0.15, -0.1) is 5.10 Å². The molecule has 0 saturated heterocycles. The van der Waals surface area contributed by atoms with E-state index in [2.05, 4.69) is 10.1 Å². The lowest BCUT2D eigenvalue weighted by Gasteiger charge is -1.96. The Morgan fingerprint density at radius 3 is 2.89 bits per heavy atom. The molecule has 19 heavy (non-hydrogen) atoms. The molecule has 0 aliphatic heterocycles. The van der Waals surface area contributed by atoms with Crippen molar-refractivity contribution in [3.05, 3.63) is 52.3 Å². The molecule has 3 aromatic rings. The molecule has 2 aromatic heterocycles. The van der Waals surface area contributed by atoms with Crippen molar-refractivity contribution < 1.29 is 5.11 Å². The molecule has 0 amide bonds. The van der Waals surface area contributed by atoms with Crippen LogP contribution in [0.15, 0.2) is 45.5 Å². The summed E-state index contributed by atoms with van der Waals surface area (Å²) in [6, 6.07) is 11.1. The van der Waals surface area contributed by atoms with Gasteiger partial charge in [-0.3, -0.25) is 4.79 Å². The maximum absolute atomic E-state index is 11.6. The minimum Gasteiger partial charge on any atom is -0.493 e. The van der Waals surface area contributed by atoms with E-state index in [1.807, 2.05) is 30.3 Å². The van der Waals surface area contributed by atoms with E-state index in [4.69, 9.17) is 0 Å². The van der Waals surface area contributed by atoms with Gasteiger partial charge >= 0.3 is 0 Å². The van der Waals surface area contributed by atoms with Crippen LogP contribution < -0.4 is 5.56 Å². The third-order valence-electron chi connectivity index (χ3n) is 2.42. The topological polar surface area (TPSA) is 67.5 Å². The van der Waals surface area contributed by atoms with Crippen molar-refractivity contribution in [2.45, 2.75) is 10.1 Å². The summed E-state index contributed by atoms with van der Waals surface area (Å²) in [6.07, 6.45) is 0. The molecule has 0 aliphatic rings. The predicted octanol–water partition coefficient (Wildman–Crippen LogP) is 2.15. The van der Waals surface area contributed by atoms with Crippen LogP contribution in [-0.2, 0) is 5.75 Å². The molecule has 0 unspecified atom stereocenters. The monoisotopic (exact) mass is 291 g/mol. The molecule has 96 valence electrons. The fraction of sp³-hybridized carbons (Fsp3) is 0.0833. The van der Waals surface area contributed by atoms with Gasteiger partial charge in [0.05, 0.1) is 6.07 Å². The number of benzene rings is 1. The molecule has 3 rings (SSSR count). The number of rotatable bonds is 3. The third-order valence-corrected chi connectivity index (χ3v) is 4.53. The summed E-state index contributed by atoms with van der Waals surface area (Å²) in [6.45, 7) is 0. The molecule has 0 aliphatic carbocycles. The van der Waals surface area contributed by atoms with Gasteiger partial charge in [0.1, 0.15) is 0 Å². The summed E-state index contributed by atoms with van der Waals surface area (Å²) in [7, 11) is 0. The lowest BCUT2D eigenvalue weighted by molar-refractivity contribution is 0.452. The third kappa shape index (κ3) is 2.61. The van der Waals surface area contributed by atoms with Gasteiger partial charge in [-0.25, -0.2) is 0 Å². The Kier molecular flexibility index (Phi) is 3.22. The molecule has 0 atom stereocenters. The summed E-state index contributed by atoms with van der Waals surface area (Å²) < 4.78 is 1.96. The van der Waals surface area contributed by atoms with E-state index in [0.717, 1.165) is 16.2 Å². The Balaban J connectivity index is 1.86. The van der Waals surface area contributed by atoms with Crippen LogP contribution in [-0.4, -0.2) is 19.7 Å². The lowest BCUT2D eigenvalue weighted by atomic mass is 10.2. The van der Waals surface area contributed by atoms with E-state index in [9.17, 15) is 9.90 Å². The highest BCUT2D eigenvalue weighted by Crippen LogP contribution is 2.26. The highest BCUT2D eigenvalue weighted by atomic mass is 32.2. The average Bonchev–Trinajstić information content (AvgIpc) is 2.81. The Morgan fingerprint density at radius 2 is 2.11 bits per heavy atom. The molecule has 7 heteroatoms. The zero-order valence-corrected chi connectivity index (χ0v) is 11.3. The van der Waals surface area contributed by atoms with Crippen LogP contribution in [0, 0.1) is 0 Å². The first-order valence-electron chi connectivity index (χ1n) is 5.49. The zero-order valence-electron chi connectivity index (χ0n) is 9.68. The zero-order chi connectivity index (χ0) is 13.2. The van der Waals surface area contributed by atoms with Crippen LogP contribution in [0.25, 0.3) is 4.96 Å². The van der Waals surface area contributed by atoms with Gasteiger partial charge in [-0.1, -0.05) is 53.4 Å². The molecule has 0 fully saturated rings. The number of nitrogens with zero attached hydrogens (tertiary/aromatic N) is 3.